The van der Waals surface area contributed by atoms with Gasteiger partial charge in [0.2, 0.25) is 0 Å². The van der Waals surface area contributed by atoms with Gasteiger partial charge in [-0.25, -0.2) is 0 Å². The number of nitrogens with zero attached hydrogens (tertiary/aromatic N) is 1. The van der Waals surface area contributed by atoms with Gasteiger partial charge in [-0.15, -0.1) is 0 Å². The van der Waals surface area contributed by atoms with Crippen LogP contribution in [0.1, 0.15) is 27.7 Å². The molecule has 2 heterocycles. The summed E-state index contributed by atoms with van der Waals surface area (Å²) in [6.07, 6.45) is 1.70. The molecule has 0 spiro atoms. The summed E-state index contributed by atoms with van der Waals surface area (Å²) in [5, 5.41) is 3.08. The van der Waals surface area contributed by atoms with Crippen LogP contribution in [0.5, 0.6) is 0 Å². The quantitative estimate of drug-likeness (QED) is 0.915. The van der Waals surface area contributed by atoms with E-state index in [1.807, 2.05) is 55.1 Å². The smallest absolute Gasteiger partial charge is 0.251 e. The Morgan fingerprint density at radius 1 is 1.26 bits per heavy atom. The van der Waals surface area contributed by atoms with Gasteiger partial charge >= 0.3 is 0 Å². The molecule has 1 atom stereocenters. The number of thioether (sulfide) groups is 1. The molecule has 1 fully saturated rings. The normalized spacial score (nSPS) is 16.9. The number of benzene rings is 1. The first-order valence-electron chi connectivity index (χ1n) is 7.95. The lowest BCUT2D eigenvalue weighted by molar-refractivity contribution is 0.0929. The maximum absolute atomic E-state index is 12.5. The monoisotopic (exact) mass is 330 g/mol. The zero-order chi connectivity index (χ0) is 16.1. The number of hydrogen-bond donors (Lipinski definition) is 1. The average Bonchev–Trinajstić information content (AvgIpc) is 3.10. The van der Waals surface area contributed by atoms with E-state index in [-0.39, 0.29) is 11.9 Å². The van der Waals surface area contributed by atoms with Gasteiger partial charge in [-0.05, 0) is 30.7 Å². The molecule has 1 aliphatic rings. The second kappa shape index (κ2) is 7.70. The predicted molar refractivity (Wildman–Crippen MR) is 93.9 cm³/mol. The van der Waals surface area contributed by atoms with E-state index in [2.05, 4.69) is 10.2 Å². The highest BCUT2D eigenvalue weighted by Crippen LogP contribution is 2.24. The van der Waals surface area contributed by atoms with Gasteiger partial charge in [-0.1, -0.05) is 18.2 Å². The van der Waals surface area contributed by atoms with Gasteiger partial charge in [-0.3, -0.25) is 9.69 Å². The van der Waals surface area contributed by atoms with E-state index in [1.54, 1.807) is 6.26 Å². The minimum absolute atomic E-state index is 0.0222. The highest BCUT2D eigenvalue weighted by atomic mass is 32.2. The first-order valence-corrected chi connectivity index (χ1v) is 9.10. The molecule has 2 aromatic rings. The van der Waals surface area contributed by atoms with E-state index in [4.69, 9.17) is 4.42 Å². The Bertz CT molecular complexity index is 636. The largest absolute Gasteiger partial charge is 0.468 e. The fourth-order valence-electron chi connectivity index (χ4n) is 2.89. The number of aryl methyl sites for hydroxylation is 1. The fourth-order valence-corrected chi connectivity index (χ4v) is 3.82. The third-order valence-electron chi connectivity index (χ3n) is 4.20. The predicted octanol–water partition coefficient (Wildman–Crippen LogP) is 3.11. The number of carbonyl (C=O) groups is 1. The van der Waals surface area contributed by atoms with Gasteiger partial charge in [-0.2, -0.15) is 11.8 Å². The Kier molecular flexibility index (Phi) is 5.41. The molecule has 0 unspecified atom stereocenters. The molecule has 5 heteroatoms. The average molecular weight is 330 g/mol. The second-order valence-electron chi connectivity index (χ2n) is 5.70. The molecule has 122 valence electrons. The van der Waals surface area contributed by atoms with Gasteiger partial charge in [0.05, 0.1) is 12.3 Å². The van der Waals surface area contributed by atoms with Crippen LogP contribution in [0, 0.1) is 6.92 Å². The fraction of sp³-hybridized carbons (Fsp3) is 0.389. The first-order chi connectivity index (χ1) is 11.3. The van der Waals surface area contributed by atoms with Gasteiger partial charge in [0.25, 0.3) is 5.91 Å². The molecule has 1 saturated heterocycles. The van der Waals surface area contributed by atoms with Crippen molar-refractivity contribution >= 4 is 17.7 Å². The number of hydrogen-bond acceptors (Lipinski definition) is 4. The number of carbonyl (C=O) groups excluding carboxylic acids is 1. The molecule has 0 aliphatic carbocycles. The highest BCUT2D eigenvalue weighted by molar-refractivity contribution is 7.99. The van der Waals surface area contributed by atoms with Crippen molar-refractivity contribution in [2.75, 3.05) is 31.1 Å². The number of nitrogens with one attached hydrogen (secondary N) is 1. The molecule has 3 rings (SSSR count). The minimum Gasteiger partial charge on any atom is -0.468 e. The van der Waals surface area contributed by atoms with Crippen LogP contribution in [0.15, 0.2) is 47.1 Å². The van der Waals surface area contributed by atoms with E-state index in [0.29, 0.717) is 6.54 Å². The Morgan fingerprint density at radius 3 is 2.74 bits per heavy atom. The zero-order valence-electron chi connectivity index (χ0n) is 13.3. The summed E-state index contributed by atoms with van der Waals surface area (Å²) in [6.45, 7) is 4.57. The van der Waals surface area contributed by atoms with E-state index in [9.17, 15) is 4.79 Å². The lowest BCUT2D eigenvalue weighted by atomic mass is 10.1. The van der Waals surface area contributed by atoms with Crippen molar-refractivity contribution in [1.82, 2.24) is 10.2 Å². The molecule has 0 saturated carbocycles. The van der Waals surface area contributed by atoms with Crippen LogP contribution in [0.4, 0.5) is 0 Å². The molecule has 0 bridgehead atoms. The number of rotatable bonds is 5. The first kappa shape index (κ1) is 16.1. The Balaban J connectivity index is 1.69. The SMILES string of the molecule is Cc1ccccc1C(=O)NC[C@H](c1ccco1)N1CCSCC1. The van der Waals surface area contributed by atoms with Gasteiger partial charge in [0.1, 0.15) is 5.76 Å². The summed E-state index contributed by atoms with van der Waals surface area (Å²) < 4.78 is 5.61. The molecule has 4 nitrogen and oxygen atoms in total. The summed E-state index contributed by atoms with van der Waals surface area (Å²) in [6, 6.07) is 11.7. The standard InChI is InChI=1S/C18H22N2O2S/c1-14-5-2-3-6-15(14)18(21)19-13-16(17-7-4-10-22-17)20-8-11-23-12-9-20/h2-7,10,16H,8-9,11-13H2,1H3,(H,19,21)/t16-/m1/s1. The van der Waals surface area contributed by atoms with Crippen LogP contribution < -0.4 is 5.32 Å². The Morgan fingerprint density at radius 2 is 2.04 bits per heavy atom. The second-order valence-corrected chi connectivity index (χ2v) is 6.93. The van der Waals surface area contributed by atoms with Crippen LogP contribution in [0.25, 0.3) is 0 Å². The summed E-state index contributed by atoms with van der Waals surface area (Å²) >= 11 is 1.98. The van der Waals surface area contributed by atoms with Crippen LogP contribution in [-0.2, 0) is 0 Å². The lowest BCUT2D eigenvalue weighted by Crippen LogP contribution is -2.42. The van der Waals surface area contributed by atoms with Crippen LogP contribution >= 0.6 is 11.8 Å². The third-order valence-corrected chi connectivity index (χ3v) is 5.15. The van der Waals surface area contributed by atoms with Crippen molar-refractivity contribution in [2.45, 2.75) is 13.0 Å². The molecule has 1 aromatic heterocycles. The van der Waals surface area contributed by atoms with Crippen molar-refractivity contribution in [2.24, 2.45) is 0 Å². The van der Waals surface area contributed by atoms with Crippen molar-refractivity contribution < 1.29 is 9.21 Å². The van der Waals surface area contributed by atoms with E-state index >= 15 is 0 Å². The summed E-state index contributed by atoms with van der Waals surface area (Å²) in [5.74, 6) is 3.15. The van der Waals surface area contributed by atoms with Crippen molar-refractivity contribution in [3.8, 4) is 0 Å². The van der Waals surface area contributed by atoms with E-state index < -0.39 is 0 Å². The van der Waals surface area contributed by atoms with Gasteiger partial charge < -0.3 is 9.73 Å². The molecule has 1 aliphatic heterocycles. The third kappa shape index (κ3) is 3.98. The summed E-state index contributed by atoms with van der Waals surface area (Å²) in [4.78, 5) is 14.9. The Labute approximate surface area is 141 Å². The number of furan rings is 1. The van der Waals surface area contributed by atoms with Crippen molar-refractivity contribution in [1.29, 1.82) is 0 Å². The molecular weight excluding hydrogens is 308 g/mol. The summed E-state index contributed by atoms with van der Waals surface area (Å²) in [7, 11) is 0. The topological polar surface area (TPSA) is 45.5 Å². The highest BCUT2D eigenvalue weighted by Gasteiger charge is 2.25. The molecule has 1 aromatic carbocycles. The number of amides is 1. The van der Waals surface area contributed by atoms with Crippen LogP contribution in [0.3, 0.4) is 0 Å². The van der Waals surface area contributed by atoms with E-state index in [1.165, 1.54) is 0 Å². The molecule has 1 N–H and O–H groups in total. The van der Waals surface area contributed by atoms with E-state index in [0.717, 1.165) is 41.5 Å². The molecule has 23 heavy (non-hydrogen) atoms. The molecular formula is C18H22N2O2S. The lowest BCUT2D eigenvalue weighted by Gasteiger charge is -2.33. The van der Waals surface area contributed by atoms with Crippen LogP contribution in [0.2, 0.25) is 0 Å². The van der Waals surface area contributed by atoms with Gasteiger partial charge in [0, 0.05) is 36.7 Å². The van der Waals surface area contributed by atoms with Crippen molar-refractivity contribution in [3.63, 3.8) is 0 Å². The maximum Gasteiger partial charge on any atom is 0.251 e. The van der Waals surface area contributed by atoms with Crippen LogP contribution in [-0.4, -0.2) is 41.9 Å². The Hall–Kier alpha value is -1.72. The molecule has 1 amide bonds. The zero-order valence-corrected chi connectivity index (χ0v) is 14.1. The van der Waals surface area contributed by atoms with Crippen molar-refractivity contribution in [3.05, 3.63) is 59.5 Å². The summed E-state index contributed by atoms with van der Waals surface area (Å²) in [5.41, 5.74) is 1.73. The van der Waals surface area contributed by atoms with Gasteiger partial charge in [0.15, 0.2) is 0 Å². The minimum atomic E-state index is -0.0222. The maximum atomic E-state index is 12.5. The molecule has 0 radical (unpaired) electrons.